The lowest BCUT2D eigenvalue weighted by atomic mass is 10.0. The fourth-order valence-corrected chi connectivity index (χ4v) is 3.21. The van der Waals surface area contributed by atoms with Crippen LogP contribution in [0.5, 0.6) is 0 Å². The number of carbonyl (C=O) groups excluding carboxylic acids is 1. The van der Waals surface area contributed by atoms with Gasteiger partial charge in [-0.2, -0.15) is 15.0 Å². The van der Waals surface area contributed by atoms with Crippen molar-refractivity contribution in [1.29, 1.82) is 0 Å². The Morgan fingerprint density at radius 3 is 2.92 bits per heavy atom. The van der Waals surface area contributed by atoms with Crippen molar-refractivity contribution < 1.29 is 4.79 Å². The van der Waals surface area contributed by atoms with E-state index in [-0.39, 0.29) is 5.91 Å². The number of nitrogens with one attached hydrogen (secondary N) is 1. The summed E-state index contributed by atoms with van der Waals surface area (Å²) in [6.07, 6.45) is 5.68. The van der Waals surface area contributed by atoms with Crippen molar-refractivity contribution >= 4 is 5.91 Å². The standard InChI is InChI=1S/C18H26N6O/c19-10-9-18(25)20-13-17-8-4-5-11-23(17)14-15-12-21-24(22-15)16-6-2-1-3-7-16/h1-3,6-7,12,17H,4-5,8-11,13-14,19H2,(H,20,25). The molecule has 1 fully saturated rings. The molecule has 1 aromatic heterocycles. The largest absolute Gasteiger partial charge is 0.354 e. The number of nitrogens with two attached hydrogens (primary N) is 1. The maximum absolute atomic E-state index is 11.7. The Labute approximate surface area is 148 Å². The molecule has 1 aromatic carbocycles. The number of likely N-dealkylation sites (tertiary alicyclic amines) is 1. The molecule has 1 amide bonds. The van der Waals surface area contributed by atoms with E-state index < -0.39 is 0 Å². The molecular formula is C18H26N6O. The highest BCUT2D eigenvalue weighted by molar-refractivity contribution is 5.76. The number of amides is 1. The van der Waals surface area contributed by atoms with E-state index in [0.717, 1.165) is 30.9 Å². The van der Waals surface area contributed by atoms with Gasteiger partial charge in [0, 0.05) is 32.1 Å². The van der Waals surface area contributed by atoms with Gasteiger partial charge in [0.2, 0.25) is 5.91 Å². The molecule has 1 aliphatic heterocycles. The minimum Gasteiger partial charge on any atom is -0.354 e. The van der Waals surface area contributed by atoms with Gasteiger partial charge in [-0.3, -0.25) is 9.69 Å². The molecule has 134 valence electrons. The highest BCUT2D eigenvalue weighted by Gasteiger charge is 2.23. The van der Waals surface area contributed by atoms with Crippen molar-refractivity contribution in [2.45, 2.75) is 38.3 Å². The minimum absolute atomic E-state index is 0.0306. The number of piperidine rings is 1. The average Bonchev–Trinajstić information content (AvgIpc) is 3.11. The smallest absolute Gasteiger partial charge is 0.221 e. The monoisotopic (exact) mass is 342 g/mol. The topological polar surface area (TPSA) is 89.1 Å². The molecule has 1 aliphatic rings. The summed E-state index contributed by atoms with van der Waals surface area (Å²) < 4.78 is 0. The molecule has 1 saturated heterocycles. The highest BCUT2D eigenvalue weighted by atomic mass is 16.1. The first-order valence-electron chi connectivity index (χ1n) is 8.93. The fourth-order valence-electron chi connectivity index (χ4n) is 3.21. The Balaban J connectivity index is 1.60. The van der Waals surface area contributed by atoms with Gasteiger partial charge in [0.05, 0.1) is 17.6 Å². The van der Waals surface area contributed by atoms with E-state index >= 15 is 0 Å². The molecular weight excluding hydrogens is 316 g/mol. The zero-order valence-corrected chi connectivity index (χ0v) is 14.5. The molecule has 0 saturated carbocycles. The number of hydrogen-bond acceptors (Lipinski definition) is 5. The van der Waals surface area contributed by atoms with Crippen LogP contribution in [0.2, 0.25) is 0 Å². The number of para-hydroxylation sites is 1. The average molecular weight is 342 g/mol. The lowest BCUT2D eigenvalue weighted by molar-refractivity contribution is -0.121. The highest BCUT2D eigenvalue weighted by Crippen LogP contribution is 2.18. The van der Waals surface area contributed by atoms with Crippen LogP contribution in [0.4, 0.5) is 0 Å². The zero-order valence-electron chi connectivity index (χ0n) is 14.5. The fraction of sp³-hybridized carbons (Fsp3) is 0.500. The van der Waals surface area contributed by atoms with Crippen molar-refractivity contribution in [1.82, 2.24) is 25.2 Å². The molecule has 0 radical (unpaired) electrons. The molecule has 3 N–H and O–H groups in total. The molecule has 25 heavy (non-hydrogen) atoms. The SMILES string of the molecule is NCCC(=O)NCC1CCCCN1Cc1cnn(-c2ccccc2)n1. The summed E-state index contributed by atoms with van der Waals surface area (Å²) in [5.41, 5.74) is 7.33. The van der Waals surface area contributed by atoms with Crippen LogP contribution in [0.25, 0.3) is 5.69 Å². The predicted molar refractivity (Wildman–Crippen MR) is 96.1 cm³/mol. The molecule has 1 unspecified atom stereocenters. The molecule has 0 aliphatic carbocycles. The Morgan fingerprint density at radius 2 is 2.12 bits per heavy atom. The minimum atomic E-state index is 0.0306. The van der Waals surface area contributed by atoms with Crippen LogP contribution >= 0.6 is 0 Å². The Bertz CT molecular complexity index is 671. The van der Waals surface area contributed by atoms with Crippen LogP contribution in [-0.4, -0.2) is 51.5 Å². The summed E-state index contributed by atoms with van der Waals surface area (Å²) >= 11 is 0. The van der Waals surface area contributed by atoms with Gasteiger partial charge < -0.3 is 11.1 Å². The molecule has 1 atom stereocenters. The van der Waals surface area contributed by atoms with E-state index in [9.17, 15) is 4.79 Å². The van der Waals surface area contributed by atoms with Gasteiger partial charge in [-0.05, 0) is 31.5 Å². The van der Waals surface area contributed by atoms with E-state index in [4.69, 9.17) is 5.73 Å². The van der Waals surface area contributed by atoms with Crippen LogP contribution in [0, 0.1) is 0 Å². The van der Waals surface area contributed by atoms with Gasteiger partial charge >= 0.3 is 0 Å². The number of nitrogens with zero attached hydrogens (tertiary/aromatic N) is 4. The molecule has 0 bridgehead atoms. The van der Waals surface area contributed by atoms with Crippen molar-refractivity contribution in [2.75, 3.05) is 19.6 Å². The molecule has 3 rings (SSSR count). The summed E-state index contributed by atoms with van der Waals surface area (Å²) in [6, 6.07) is 10.2. The van der Waals surface area contributed by atoms with Crippen molar-refractivity contribution in [3.05, 3.63) is 42.2 Å². The van der Waals surface area contributed by atoms with Crippen LogP contribution < -0.4 is 11.1 Å². The van der Waals surface area contributed by atoms with Gasteiger partial charge in [-0.25, -0.2) is 0 Å². The lowest BCUT2D eigenvalue weighted by Crippen LogP contribution is -2.46. The van der Waals surface area contributed by atoms with Crippen molar-refractivity contribution in [3.63, 3.8) is 0 Å². The summed E-state index contributed by atoms with van der Waals surface area (Å²) in [5.74, 6) is 0.0306. The predicted octanol–water partition coefficient (Wildman–Crippen LogP) is 1.09. The van der Waals surface area contributed by atoms with Gasteiger partial charge in [-0.1, -0.05) is 24.6 Å². The first-order chi connectivity index (χ1) is 12.3. The summed E-state index contributed by atoms with van der Waals surface area (Å²) in [4.78, 5) is 15.7. The third-order valence-electron chi connectivity index (χ3n) is 4.55. The van der Waals surface area contributed by atoms with E-state index in [0.29, 0.717) is 25.6 Å². The summed E-state index contributed by atoms with van der Waals surface area (Å²) in [7, 11) is 0. The molecule has 0 spiro atoms. The van der Waals surface area contributed by atoms with Crippen LogP contribution in [0.15, 0.2) is 36.5 Å². The van der Waals surface area contributed by atoms with Crippen LogP contribution in [0.3, 0.4) is 0 Å². The normalized spacial score (nSPS) is 18.2. The summed E-state index contributed by atoms with van der Waals surface area (Å²) in [6.45, 7) is 2.84. The van der Waals surface area contributed by atoms with Gasteiger partial charge in [0.1, 0.15) is 0 Å². The van der Waals surface area contributed by atoms with Crippen LogP contribution in [-0.2, 0) is 11.3 Å². The first-order valence-corrected chi connectivity index (χ1v) is 8.93. The second-order valence-corrected chi connectivity index (χ2v) is 6.42. The quantitative estimate of drug-likeness (QED) is 0.786. The Morgan fingerprint density at radius 1 is 1.28 bits per heavy atom. The van der Waals surface area contributed by atoms with Gasteiger partial charge in [-0.15, -0.1) is 0 Å². The van der Waals surface area contributed by atoms with Gasteiger partial charge in [0.25, 0.3) is 0 Å². The van der Waals surface area contributed by atoms with Gasteiger partial charge in [0.15, 0.2) is 0 Å². The van der Waals surface area contributed by atoms with E-state index in [1.165, 1.54) is 12.8 Å². The lowest BCUT2D eigenvalue weighted by Gasteiger charge is -2.35. The van der Waals surface area contributed by atoms with E-state index in [1.54, 1.807) is 4.80 Å². The van der Waals surface area contributed by atoms with Crippen LogP contribution in [0.1, 0.15) is 31.4 Å². The number of carbonyl (C=O) groups is 1. The number of benzene rings is 1. The third-order valence-corrected chi connectivity index (χ3v) is 4.55. The Hall–Kier alpha value is -2.25. The molecule has 7 heteroatoms. The maximum Gasteiger partial charge on any atom is 0.221 e. The molecule has 2 aromatic rings. The Kier molecular flexibility index (Phi) is 6.14. The number of aromatic nitrogens is 3. The van der Waals surface area contributed by atoms with E-state index in [2.05, 4.69) is 20.4 Å². The first kappa shape index (κ1) is 17.6. The maximum atomic E-state index is 11.7. The third kappa shape index (κ3) is 4.87. The molecule has 7 nitrogen and oxygen atoms in total. The second-order valence-electron chi connectivity index (χ2n) is 6.42. The van der Waals surface area contributed by atoms with Crippen molar-refractivity contribution in [3.8, 4) is 5.69 Å². The molecule has 2 heterocycles. The van der Waals surface area contributed by atoms with E-state index in [1.807, 2.05) is 36.5 Å². The van der Waals surface area contributed by atoms with Crippen molar-refractivity contribution in [2.24, 2.45) is 5.73 Å². The number of hydrogen-bond donors (Lipinski definition) is 2. The number of rotatable bonds is 7. The second kappa shape index (κ2) is 8.73. The zero-order chi connectivity index (χ0) is 17.5. The summed E-state index contributed by atoms with van der Waals surface area (Å²) in [5, 5.41) is 12.0.